The van der Waals surface area contributed by atoms with Crippen molar-refractivity contribution in [2.45, 2.75) is 39.7 Å². The molecular formula is C20H26ClN5O. The van der Waals surface area contributed by atoms with Crippen molar-refractivity contribution in [1.82, 2.24) is 20.8 Å². The van der Waals surface area contributed by atoms with Crippen LogP contribution in [0.5, 0.6) is 0 Å². The summed E-state index contributed by atoms with van der Waals surface area (Å²) in [6, 6.07) is 5.90. The Balaban J connectivity index is 1.56. The van der Waals surface area contributed by atoms with Gasteiger partial charge in [-0.2, -0.15) is 0 Å². The van der Waals surface area contributed by atoms with E-state index >= 15 is 0 Å². The van der Waals surface area contributed by atoms with Crippen LogP contribution < -0.4 is 10.6 Å². The first kappa shape index (κ1) is 19.3. The van der Waals surface area contributed by atoms with Crippen molar-refractivity contribution in [3.05, 3.63) is 52.0 Å². The lowest BCUT2D eigenvalue weighted by Gasteiger charge is -2.12. The van der Waals surface area contributed by atoms with Gasteiger partial charge in [-0.25, -0.2) is 0 Å². The Morgan fingerprint density at radius 3 is 2.85 bits per heavy atom. The Hall–Kier alpha value is -2.47. The lowest BCUT2D eigenvalue weighted by atomic mass is 10.1. The number of fused-ring (bicyclic) bond motifs is 1. The van der Waals surface area contributed by atoms with Crippen LogP contribution >= 0.6 is 11.6 Å². The summed E-state index contributed by atoms with van der Waals surface area (Å²) in [5.41, 5.74) is 4.47. The Bertz CT molecular complexity index is 906. The molecule has 0 radical (unpaired) electrons. The monoisotopic (exact) mass is 387 g/mol. The third-order valence-electron chi connectivity index (χ3n) is 4.68. The Kier molecular flexibility index (Phi) is 6.40. The van der Waals surface area contributed by atoms with Crippen LogP contribution in [-0.4, -0.2) is 29.7 Å². The summed E-state index contributed by atoms with van der Waals surface area (Å²) in [4.78, 5) is 7.60. The maximum atomic E-state index is 6.12. The van der Waals surface area contributed by atoms with Crippen LogP contribution in [0.15, 0.2) is 33.9 Å². The molecule has 2 aromatic heterocycles. The van der Waals surface area contributed by atoms with Gasteiger partial charge in [0.15, 0.2) is 5.96 Å². The quantitative estimate of drug-likeness (QED) is 0.425. The van der Waals surface area contributed by atoms with Gasteiger partial charge in [0.1, 0.15) is 5.76 Å². The smallest absolute Gasteiger partial charge is 0.191 e. The summed E-state index contributed by atoms with van der Waals surface area (Å²) in [7, 11) is 1.77. The van der Waals surface area contributed by atoms with Crippen LogP contribution in [0.2, 0.25) is 5.02 Å². The average Bonchev–Trinajstić information content (AvgIpc) is 3.27. The summed E-state index contributed by atoms with van der Waals surface area (Å²) >= 11 is 6.12. The molecule has 7 heteroatoms. The number of benzene rings is 1. The fourth-order valence-electron chi connectivity index (χ4n) is 3.20. The fraction of sp³-hybridized carbons (Fsp3) is 0.400. The van der Waals surface area contributed by atoms with Gasteiger partial charge in [0.25, 0.3) is 0 Å². The van der Waals surface area contributed by atoms with Crippen LogP contribution in [0, 0.1) is 0 Å². The molecule has 144 valence electrons. The van der Waals surface area contributed by atoms with E-state index in [-0.39, 0.29) is 0 Å². The first-order valence-electron chi connectivity index (χ1n) is 9.32. The van der Waals surface area contributed by atoms with Gasteiger partial charge in [-0.05, 0) is 36.6 Å². The summed E-state index contributed by atoms with van der Waals surface area (Å²) in [6.45, 7) is 5.58. The molecule has 0 aliphatic rings. The van der Waals surface area contributed by atoms with E-state index in [4.69, 9.17) is 16.1 Å². The third kappa shape index (κ3) is 4.45. The van der Waals surface area contributed by atoms with Crippen LogP contribution in [-0.2, 0) is 25.8 Å². The van der Waals surface area contributed by atoms with E-state index in [1.807, 2.05) is 24.4 Å². The number of hydrogen-bond acceptors (Lipinski definition) is 3. The standard InChI is InChI=1S/C20H26ClN5O/c1-4-17-16(19(5-2)27-26-17)12-25-20(22-3)23-9-8-13-11-24-18-7-6-14(21)10-15(13)18/h6-7,10-11,24H,4-5,8-9,12H2,1-3H3,(H2,22,23,25). The molecule has 6 nitrogen and oxygen atoms in total. The number of rotatable bonds is 7. The Morgan fingerprint density at radius 1 is 1.26 bits per heavy atom. The van der Waals surface area contributed by atoms with Gasteiger partial charge in [-0.15, -0.1) is 0 Å². The molecule has 0 spiro atoms. The number of guanidine groups is 1. The molecule has 3 N–H and O–H groups in total. The van der Waals surface area contributed by atoms with E-state index in [2.05, 4.69) is 39.6 Å². The molecule has 2 heterocycles. The molecule has 0 amide bonds. The zero-order valence-corrected chi connectivity index (χ0v) is 16.8. The van der Waals surface area contributed by atoms with Crippen LogP contribution in [0.4, 0.5) is 0 Å². The maximum Gasteiger partial charge on any atom is 0.191 e. The van der Waals surface area contributed by atoms with Crippen molar-refractivity contribution in [2.24, 2.45) is 4.99 Å². The van der Waals surface area contributed by atoms with E-state index in [0.717, 1.165) is 64.7 Å². The molecule has 0 saturated carbocycles. The van der Waals surface area contributed by atoms with Crippen molar-refractivity contribution in [3.63, 3.8) is 0 Å². The van der Waals surface area contributed by atoms with Gasteiger partial charge in [0.2, 0.25) is 0 Å². The lowest BCUT2D eigenvalue weighted by molar-refractivity contribution is 0.380. The number of nitrogens with zero attached hydrogens (tertiary/aromatic N) is 2. The number of hydrogen-bond donors (Lipinski definition) is 3. The number of aromatic amines is 1. The van der Waals surface area contributed by atoms with Crippen molar-refractivity contribution < 1.29 is 4.52 Å². The van der Waals surface area contributed by atoms with Crippen molar-refractivity contribution in [2.75, 3.05) is 13.6 Å². The molecule has 0 aliphatic carbocycles. The van der Waals surface area contributed by atoms with E-state index in [0.29, 0.717) is 6.54 Å². The Labute approximate surface area is 164 Å². The number of aliphatic imine (C=N–C) groups is 1. The second kappa shape index (κ2) is 8.95. The number of aryl methyl sites for hydroxylation is 2. The van der Waals surface area contributed by atoms with Gasteiger partial charge in [0, 0.05) is 54.2 Å². The molecule has 3 aromatic rings. The average molecular weight is 388 g/mol. The highest BCUT2D eigenvalue weighted by molar-refractivity contribution is 6.31. The molecule has 27 heavy (non-hydrogen) atoms. The van der Waals surface area contributed by atoms with Gasteiger partial charge < -0.3 is 20.1 Å². The second-order valence-corrected chi connectivity index (χ2v) is 6.78. The number of H-pyrrole nitrogens is 1. The van der Waals surface area contributed by atoms with E-state index in [1.165, 1.54) is 5.56 Å². The SMILES string of the molecule is CCc1noc(CC)c1CNC(=NC)NCCc1c[nH]c2ccc(Cl)cc12. The van der Waals surface area contributed by atoms with Crippen molar-refractivity contribution in [1.29, 1.82) is 0 Å². The zero-order valence-electron chi connectivity index (χ0n) is 16.0. The number of nitrogens with one attached hydrogen (secondary N) is 3. The number of halogens is 1. The maximum absolute atomic E-state index is 6.12. The predicted molar refractivity (Wildman–Crippen MR) is 110 cm³/mol. The van der Waals surface area contributed by atoms with Crippen molar-refractivity contribution >= 4 is 28.5 Å². The lowest BCUT2D eigenvalue weighted by Crippen LogP contribution is -2.38. The van der Waals surface area contributed by atoms with Crippen LogP contribution in [0.25, 0.3) is 10.9 Å². The summed E-state index contributed by atoms with van der Waals surface area (Å²) in [5.74, 6) is 1.70. The highest BCUT2D eigenvalue weighted by Gasteiger charge is 2.13. The highest BCUT2D eigenvalue weighted by Crippen LogP contribution is 2.22. The first-order valence-corrected chi connectivity index (χ1v) is 9.70. The molecule has 0 unspecified atom stereocenters. The van der Waals surface area contributed by atoms with Gasteiger partial charge in [-0.1, -0.05) is 30.6 Å². The third-order valence-corrected chi connectivity index (χ3v) is 4.91. The van der Waals surface area contributed by atoms with Crippen LogP contribution in [0.1, 0.15) is 36.4 Å². The van der Waals surface area contributed by atoms with Crippen molar-refractivity contribution in [3.8, 4) is 0 Å². The molecule has 0 bridgehead atoms. The molecule has 0 aliphatic heterocycles. The predicted octanol–water partition coefficient (Wildman–Crippen LogP) is 3.84. The molecule has 0 fully saturated rings. The minimum atomic E-state index is 0.651. The summed E-state index contributed by atoms with van der Waals surface area (Å²) in [5, 5.41) is 12.8. The van der Waals surface area contributed by atoms with E-state index in [9.17, 15) is 0 Å². The van der Waals surface area contributed by atoms with Gasteiger partial charge >= 0.3 is 0 Å². The van der Waals surface area contributed by atoms with E-state index < -0.39 is 0 Å². The van der Waals surface area contributed by atoms with Gasteiger partial charge in [-0.3, -0.25) is 4.99 Å². The minimum Gasteiger partial charge on any atom is -0.361 e. The molecular weight excluding hydrogens is 362 g/mol. The number of aromatic nitrogens is 2. The second-order valence-electron chi connectivity index (χ2n) is 6.34. The minimum absolute atomic E-state index is 0.651. The van der Waals surface area contributed by atoms with E-state index in [1.54, 1.807) is 7.05 Å². The highest BCUT2D eigenvalue weighted by atomic mass is 35.5. The zero-order chi connectivity index (χ0) is 19.2. The summed E-state index contributed by atoms with van der Waals surface area (Å²) < 4.78 is 5.42. The van der Waals surface area contributed by atoms with Gasteiger partial charge in [0.05, 0.1) is 5.69 Å². The molecule has 0 atom stereocenters. The first-order chi connectivity index (χ1) is 13.2. The molecule has 1 aromatic carbocycles. The summed E-state index contributed by atoms with van der Waals surface area (Å²) in [6.07, 6.45) is 4.60. The Morgan fingerprint density at radius 2 is 2.11 bits per heavy atom. The van der Waals surface area contributed by atoms with Crippen LogP contribution in [0.3, 0.4) is 0 Å². The fourth-order valence-corrected chi connectivity index (χ4v) is 3.38. The largest absolute Gasteiger partial charge is 0.361 e. The topological polar surface area (TPSA) is 78.2 Å². The molecule has 3 rings (SSSR count). The normalized spacial score (nSPS) is 11.9. The molecule has 0 saturated heterocycles.